The molecule has 2 atom stereocenters. The summed E-state index contributed by atoms with van der Waals surface area (Å²) in [7, 11) is 0. The SMILES string of the molecule is CC(C)(C)OC(=O)NCC(O)C(O)c1ccc2c(c1)C(=O)CC2. The van der Waals surface area contributed by atoms with Gasteiger partial charge < -0.3 is 20.3 Å². The third-order valence-corrected chi connectivity index (χ3v) is 3.62. The van der Waals surface area contributed by atoms with Gasteiger partial charge in [-0.05, 0) is 44.4 Å². The van der Waals surface area contributed by atoms with Gasteiger partial charge in [0.15, 0.2) is 5.78 Å². The highest BCUT2D eigenvalue weighted by Gasteiger charge is 2.25. The Kier molecular flexibility index (Phi) is 5.06. The van der Waals surface area contributed by atoms with Gasteiger partial charge in [-0.25, -0.2) is 4.79 Å². The first-order valence-electron chi connectivity index (χ1n) is 7.66. The number of rotatable bonds is 4. The highest BCUT2D eigenvalue weighted by Crippen LogP contribution is 2.26. The van der Waals surface area contributed by atoms with Crippen molar-refractivity contribution in [1.82, 2.24) is 5.32 Å². The van der Waals surface area contributed by atoms with Crippen LogP contribution >= 0.6 is 0 Å². The lowest BCUT2D eigenvalue weighted by Gasteiger charge is -2.22. The van der Waals surface area contributed by atoms with E-state index in [-0.39, 0.29) is 12.3 Å². The van der Waals surface area contributed by atoms with E-state index < -0.39 is 23.9 Å². The Morgan fingerprint density at radius 1 is 1.30 bits per heavy atom. The van der Waals surface area contributed by atoms with Crippen LogP contribution in [0.15, 0.2) is 18.2 Å². The van der Waals surface area contributed by atoms with Crippen LogP contribution in [0, 0.1) is 0 Å². The van der Waals surface area contributed by atoms with Gasteiger partial charge in [-0.1, -0.05) is 12.1 Å². The van der Waals surface area contributed by atoms with Crippen molar-refractivity contribution >= 4 is 11.9 Å². The van der Waals surface area contributed by atoms with E-state index in [4.69, 9.17) is 4.74 Å². The maximum Gasteiger partial charge on any atom is 0.407 e. The number of nitrogens with one attached hydrogen (secondary N) is 1. The van der Waals surface area contributed by atoms with Crippen molar-refractivity contribution in [2.24, 2.45) is 0 Å². The van der Waals surface area contributed by atoms with Crippen LogP contribution in [0.5, 0.6) is 0 Å². The van der Waals surface area contributed by atoms with Gasteiger partial charge >= 0.3 is 6.09 Å². The lowest BCUT2D eigenvalue weighted by Crippen LogP contribution is -2.38. The fourth-order valence-corrected chi connectivity index (χ4v) is 2.47. The Morgan fingerprint density at radius 3 is 2.65 bits per heavy atom. The van der Waals surface area contributed by atoms with Gasteiger partial charge in [0.1, 0.15) is 17.8 Å². The summed E-state index contributed by atoms with van der Waals surface area (Å²) in [6, 6.07) is 5.11. The molecule has 0 saturated carbocycles. The zero-order valence-corrected chi connectivity index (χ0v) is 13.6. The Hall–Kier alpha value is -1.92. The number of aliphatic hydroxyl groups excluding tert-OH is 2. The summed E-state index contributed by atoms with van der Waals surface area (Å²) in [5, 5.41) is 22.6. The molecule has 2 rings (SSSR count). The molecule has 0 saturated heterocycles. The van der Waals surface area contributed by atoms with Gasteiger partial charge in [-0.15, -0.1) is 0 Å². The van der Waals surface area contributed by atoms with E-state index >= 15 is 0 Å². The summed E-state index contributed by atoms with van der Waals surface area (Å²) >= 11 is 0. The molecule has 0 aliphatic heterocycles. The molecule has 23 heavy (non-hydrogen) atoms. The minimum absolute atomic E-state index is 0.0513. The number of carbonyl (C=O) groups is 2. The second-order valence-corrected chi connectivity index (χ2v) is 6.73. The monoisotopic (exact) mass is 321 g/mol. The van der Waals surface area contributed by atoms with Crippen LogP contribution < -0.4 is 5.32 Å². The first-order valence-corrected chi connectivity index (χ1v) is 7.66. The Morgan fingerprint density at radius 2 is 2.00 bits per heavy atom. The molecule has 1 aliphatic carbocycles. The van der Waals surface area contributed by atoms with Gasteiger partial charge in [0.25, 0.3) is 0 Å². The second-order valence-electron chi connectivity index (χ2n) is 6.73. The molecule has 6 heteroatoms. The smallest absolute Gasteiger partial charge is 0.407 e. The number of benzene rings is 1. The first kappa shape index (κ1) is 17.4. The van der Waals surface area contributed by atoms with E-state index in [0.29, 0.717) is 24.0 Å². The number of hydrogen-bond donors (Lipinski definition) is 3. The molecular formula is C17H23NO5. The van der Waals surface area contributed by atoms with Crippen LogP contribution in [0.25, 0.3) is 0 Å². The fraction of sp³-hybridized carbons (Fsp3) is 0.529. The van der Waals surface area contributed by atoms with E-state index in [9.17, 15) is 19.8 Å². The second kappa shape index (κ2) is 6.68. The largest absolute Gasteiger partial charge is 0.444 e. The number of alkyl carbamates (subject to hydrolysis) is 1. The third-order valence-electron chi connectivity index (χ3n) is 3.62. The van der Waals surface area contributed by atoms with E-state index in [0.717, 1.165) is 5.56 Å². The predicted octanol–water partition coefficient (Wildman–Crippen LogP) is 1.73. The number of fused-ring (bicyclic) bond motifs is 1. The third kappa shape index (κ3) is 4.53. The standard InChI is InChI=1S/C17H23NO5/c1-17(2,3)23-16(22)18-9-14(20)15(21)11-5-4-10-6-7-13(19)12(10)8-11/h4-5,8,14-15,20-21H,6-7,9H2,1-3H3,(H,18,22). The first-order chi connectivity index (χ1) is 10.7. The summed E-state index contributed by atoms with van der Waals surface area (Å²) in [5.41, 5.74) is 1.40. The molecule has 0 spiro atoms. The normalized spacial score (nSPS) is 16.7. The minimum Gasteiger partial charge on any atom is -0.444 e. The van der Waals surface area contributed by atoms with Crippen molar-refractivity contribution < 1.29 is 24.5 Å². The summed E-state index contributed by atoms with van der Waals surface area (Å²) in [5.74, 6) is 0.0513. The van der Waals surface area contributed by atoms with Crippen LogP contribution in [0.4, 0.5) is 4.79 Å². The van der Waals surface area contributed by atoms with Crippen molar-refractivity contribution in [3.63, 3.8) is 0 Å². The summed E-state index contributed by atoms with van der Waals surface area (Å²) < 4.78 is 5.06. The molecule has 3 N–H and O–H groups in total. The maximum absolute atomic E-state index is 11.7. The highest BCUT2D eigenvalue weighted by molar-refractivity contribution is 6.00. The maximum atomic E-state index is 11.7. The van der Waals surface area contributed by atoms with Crippen LogP contribution in [-0.2, 0) is 11.2 Å². The lowest BCUT2D eigenvalue weighted by atomic mass is 9.99. The highest BCUT2D eigenvalue weighted by atomic mass is 16.6. The van der Waals surface area contributed by atoms with Gasteiger partial charge in [0.05, 0.1) is 0 Å². The fourth-order valence-electron chi connectivity index (χ4n) is 2.47. The van der Waals surface area contributed by atoms with Crippen LogP contribution in [0.3, 0.4) is 0 Å². The lowest BCUT2D eigenvalue weighted by molar-refractivity contribution is 0.0129. The van der Waals surface area contributed by atoms with E-state index in [1.54, 1.807) is 39.0 Å². The van der Waals surface area contributed by atoms with Gasteiger partial charge in [-0.3, -0.25) is 4.79 Å². The number of ether oxygens (including phenoxy) is 1. The Balaban J connectivity index is 1.95. The van der Waals surface area contributed by atoms with Gasteiger partial charge in [0.2, 0.25) is 0 Å². The van der Waals surface area contributed by atoms with Crippen molar-refractivity contribution in [3.05, 3.63) is 34.9 Å². The average molecular weight is 321 g/mol. The summed E-state index contributed by atoms with van der Waals surface area (Å²) in [4.78, 5) is 23.3. The quantitative estimate of drug-likeness (QED) is 0.785. The number of hydrogen-bond acceptors (Lipinski definition) is 5. The Labute approximate surface area is 135 Å². The molecule has 126 valence electrons. The summed E-state index contributed by atoms with van der Waals surface area (Å²) in [6.07, 6.45) is -1.85. The average Bonchev–Trinajstić information content (AvgIpc) is 2.83. The molecule has 0 radical (unpaired) electrons. The molecule has 1 amide bonds. The van der Waals surface area contributed by atoms with E-state index in [2.05, 4.69) is 5.32 Å². The molecule has 1 aromatic rings. The molecule has 1 aliphatic rings. The van der Waals surface area contributed by atoms with Crippen LogP contribution in [0.1, 0.15) is 54.8 Å². The molecular weight excluding hydrogens is 298 g/mol. The predicted molar refractivity (Wildman–Crippen MR) is 84.3 cm³/mol. The number of ketones is 1. The minimum atomic E-state index is -1.20. The van der Waals surface area contributed by atoms with Crippen LogP contribution in [0.2, 0.25) is 0 Å². The number of Topliss-reactive ketones (excluding diaryl/α,β-unsaturated/α-hetero) is 1. The molecule has 0 aromatic heterocycles. The zero-order valence-electron chi connectivity index (χ0n) is 13.6. The van der Waals surface area contributed by atoms with Crippen molar-refractivity contribution in [2.75, 3.05) is 6.54 Å². The van der Waals surface area contributed by atoms with Gasteiger partial charge in [0, 0.05) is 18.5 Å². The summed E-state index contributed by atoms with van der Waals surface area (Å²) in [6.45, 7) is 5.05. The van der Waals surface area contributed by atoms with Crippen LogP contribution in [-0.4, -0.2) is 40.3 Å². The topological polar surface area (TPSA) is 95.9 Å². The van der Waals surface area contributed by atoms with Crippen molar-refractivity contribution in [3.8, 4) is 0 Å². The van der Waals surface area contributed by atoms with E-state index in [1.165, 1.54) is 0 Å². The van der Waals surface area contributed by atoms with E-state index in [1.807, 2.05) is 0 Å². The molecule has 6 nitrogen and oxygen atoms in total. The number of amides is 1. The van der Waals surface area contributed by atoms with Crippen molar-refractivity contribution in [2.45, 2.75) is 51.4 Å². The zero-order chi connectivity index (χ0) is 17.2. The van der Waals surface area contributed by atoms with Gasteiger partial charge in [-0.2, -0.15) is 0 Å². The van der Waals surface area contributed by atoms with Crippen molar-refractivity contribution in [1.29, 1.82) is 0 Å². The Bertz CT molecular complexity index is 605. The molecule has 0 bridgehead atoms. The molecule has 0 heterocycles. The molecule has 1 aromatic carbocycles. The molecule has 2 unspecified atom stereocenters. The number of carbonyl (C=O) groups excluding carboxylic acids is 2. The molecule has 0 fully saturated rings. The number of aliphatic hydroxyl groups is 2. The number of aryl methyl sites for hydroxylation is 1.